The fourth-order valence-corrected chi connectivity index (χ4v) is 1.75. The van der Waals surface area contributed by atoms with Gasteiger partial charge >= 0.3 is 0 Å². The summed E-state index contributed by atoms with van der Waals surface area (Å²) in [5.74, 6) is -0.199. The topological polar surface area (TPSA) is 70.3 Å². The smallest absolute Gasteiger partial charge is 0.249 e. The summed E-state index contributed by atoms with van der Waals surface area (Å²) in [5, 5.41) is 0. The van der Waals surface area contributed by atoms with Gasteiger partial charge in [-0.3, -0.25) is 0 Å². The zero-order valence-electron chi connectivity index (χ0n) is 10.8. The van der Waals surface area contributed by atoms with E-state index in [1.807, 2.05) is 6.92 Å². The Morgan fingerprint density at radius 1 is 1.30 bits per heavy atom. The number of aromatic nitrogens is 2. The van der Waals surface area contributed by atoms with Gasteiger partial charge in [0, 0.05) is 4.47 Å². The molecule has 0 saturated carbocycles. The Morgan fingerprint density at radius 2 is 2.05 bits per heavy atom. The third-order valence-electron chi connectivity index (χ3n) is 2.35. The van der Waals surface area contributed by atoms with Crippen LogP contribution in [0.4, 0.5) is 10.1 Å². The van der Waals surface area contributed by atoms with Crippen LogP contribution in [0.5, 0.6) is 17.5 Å². The van der Waals surface area contributed by atoms with E-state index in [0.717, 1.165) is 6.42 Å². The first-order valence-electron chi connectivity index (χ1n) is 5.98. The average Bonchev–Trinajstić information content (AvgIpc) is 2.42. The Hall–Kier alpha value is -1.89. The highest BCUT2D eigenvalue weighted by Crippen LogP contribution is 2.32. The number of nitrogens with two attached hydrogens (primary N) is 1. The Labute approximate surface area is 124 Å². The molecule has 0 unspecified atom stereocenters. The maximum Gasteiger partial charge on any atom is 0.249 e. The SMILES string of the molecule is CCCOc1ncnc(Oc2ccc(Br)cc2F)c1N. The molecule has 5 nitrogen and oxygen atoms in total. The Kier molecular flexibility index (Phi) is 4.73. The molecule has 7 heteroatoms. The van der Waals surface area contributed by atoms with Crippen LogP contribution in [0.1, 0.15) is 13.3 Å². The van der Waals surface area contributed by atoms with E-state index < -0.39 is 5.82 Å². The summed E-state index contributed by atoms with van der Waals surface area (Å²) in [4.78, 5) is 7.80. The van der Waals surface area contributed by atoms with Gasteiger partial charge in [0.1, 0.15) is 6.33 Å². The summed E-state index contributed by atoms with van der Waals surface area (Å²) in [6.45, 7) is 2.44. The summed E-state index contributed by atoms with van der Waals surface area (Å²) in [5.41, 5.74) is 5.99. The molecule has 0 atom stereocenters. The normalized spacial score (nSPS) is 10.3. The highest BCUT2D eigenvalue weighted by molar-refractivity contribution is 9.10. The molecule has 1 aromatic heterocycles. The van der Waals surface area contributed by atoms with Gasteiger partial charge in [0.2, 0.25) is 11.8 Å². The van der Waals surface area contributed by atoms with Crippen molar-refractivity contribution in [1.29, 1.82) is 0 Å². The van der Waals surface area contributed by atoms with E-state index in [9.17, 15) is 4.39 Å². The molecule has 0 fully saturated rings. The molecule has 0 aliphatic carbocycles. The zero-order chi connectivity index (χ0) is 14.5. The van der Waals surface area contributed by atoms with Crippen LogP contribution in [0.15, 0.2) is 29.0 Å². The first kappa shape index (κ1) is 14.5. The Balaban J connectivity index is 2.24. The van der Waals surface area contributed by atoms with Gasteiger partial charge in [-0.25, -0.2) is 4.39 Å². The van der Waals surface area contributed by atoms with E-state index in [-0.39, 0.29) is 23.2 Å². The van der Waals surface area contributed by atoms with E-state index in [1.54, 1.807) is 6.07 Å². The molecule has 2 N–H and O–H groups in total. The number of ether oxygens (including phenoxy) is 2. The predicted octanol–water partition coefficient (Wildman–Crippen LogP) is 3.54. The van der Waals surface area contributed by atoms with Crippen molar-refractivity contribution < 1.29 is 13.9 Å². The Bertz CT molecular complexity index is 610. The molecule has 1 aromatic carbocycles. The number of nitrogens with zero attached hydrogens (tertiary/aromatic N) is 2. The van der Waals surface area contributed by atoms with Crippen molar-refractivity contribution in [3.8, 4) is 17.5 Å². The zero-order valence-corrected chi connectivity index (χ0v) is 12.4. The number of hydrogen-bond donors (Lipinski definition) is 1. The van der Waals surface area contributed by atoms with Crippen molar-refractivity contribution in [3.63, 3.8) is 0 Å². The minimum absolute atomic E-state index is 0.0278. The van der Waals surface area contributed by atoms with Crippen LogP contribution in [-0.4, -0.2) is 16.6 Å². The summed E-state index contributed by atoms with van der Waals surface area (Å²) in [7, 11) is 0. The number of benzene rings is 1. The lowest BCUT2D eigenvalue weighted by molar-refractivity contribution is 0.304. The maximum absolute atomic E-state index is 13.7. The van der Waals surface area contributed by atoms with Crippen molar-refractivity contribution in [2.45, 2.75) is 13.3 Å². The first-order valence-corrected chi connectivity index (χ1v) is 6.77. The molecule has 0 radical (unpaired) electrons. The largest absolute Gasteiger partial charge is 0.476 e. The quantitative estimate of drug-likeness (QED) is 0.900. The lowest BCUT2D eigenvalue weighted by Crippen LogP contribution is -2.04. The van der Waals surface area contributed by atoms with E-state index in [2.05, 4.69) is 25.9 Å². The van der Waals surface area contributed by atoms with Crippen LogP contribution in [0.2, 0.25) is 0 Å². The predicted molar refractivity (Wildman–Crippen MR) is 76.4 cm³/mol. The van der Waals surface area contributed by atoms with Crippen LogP contribution in [0.3, 0.4) is 0 Å². The summed E-state index contributed by atoms with van der Waals surface area (Å²) in [6, 6.07) is 4.43. The first-order chi connectivity index (χ1) is 9.61. The maximum atomic E-state index is 13.7. The number of anilines is 1. The van der Waals surface area contributed by atoms with E-state index in [1.165, 1.54) is 18.5 Å². The van der Waals surface area contributed by atoms with Crippen LogP contribution in [0, 0.1) is 5.82 Å². The summed E-state index contributed by atoms with van der Waals surface area (Å²) in [6.07, 6.45) is 2.08. The summed E-state index contributed by atoms with van der Waals surface area (Å²) >= 11 is 3.17. The molecular formula is C13H13BrFN3O2. The van der Waals surface area contributed by atoms with E-state index in [4.69, 9.17) is 15.2 Å². The minimum Gasteiger partial charge on any atom is -0.476 e. The molecule has 0 aliphatic rings. The molecule has 2 aromatic rings. The second-order valence-corrected chi connectivity index (χ2v) is 4.84. The molecule has 2 rings (SSSR count). The minimum atomic E-state index is -0.520. The molecule has 0 saturated heterocycles. The van der Waals surface area contributed by atoms with E-state index >= 15 is 0 Å². The molecule has 20 heavy (non-hydrogen) atoms. The molecule has 0 spiro atoms. The van der Waals surface area contributed by atoms with Crippen molar-refractivity contribution in [2.24, 2.45) is 0 Å². The van der Waals surface area contributed by atoms with Crippen LogP contribution < -0.4 is 15.2 Å². The van der Waals surface area contributed by atoms with Crippen LogP contribution in [-0.2, 0) is 0 Å². The number of halogens is 2. The van der Waals surface area contributed by atoms with E-state index in [0.29, 0.717) is 11.1 Å². The average molecular weight is 342 g/mol. The molecule has 0 bridgehead atoms. The van der Waals surface area contributed by atoms with Crippen molar-refractivity contribution in [1.82, 2.24) is 9.97 Å². The van der Waals surface area contributed by atoms with Crippen LogP contribution in [0.25, 0.3) is 0 Å². The fraction of sp³-hybridized carbons (Fsp3) is 0.231. The highest BCUT2D eigenvalue weighted by atomic mass is 79.9. The number of hydrogen-bond acceptors (Lipinski definition) is 5. The van der Waals surface area contributed by atoms with Gasteiger partial charge < -0.3 is 15.2 Å². The third-order valence-corrected chi connectivity index (χ3v) is 2.85. The number of rotatable bonds is 5. The van der Waals surface area contributed by atoms with Gasteiger partial charge in [-0.05, 0) is 24.6 Å². The molecule has 0 aliphatic heterocycles. The second kappa shape index (κ2) is 6.51. The van der Waals surface area contributed by atoms with Gasteiger partial charge in [0.05, 0.1) is 6.61 Å². The molecule has 0 amide bonds. The van der Waals surface area contributed by atoms with Gasteiger partial charge in [-0.1, -0.05) is 22.9 Å². The van der Waals surface area contributed by atoms with Gasteiger partial charge in [0.15, 0.2) is 17.3 Å². The fourth-order valence-electron chi connectivity index (χ4n) is 1.42. The van der Waals surface area contributed by atoms with Gasteiger partial charge in [-0.15, -0.1) is 0 Å². The van der Waals surface area contributed by atoms with Gasteiger partial charge in [-0.2, -0.15) is 9.97 Å². The third kappa shape index (κ3) is 3.36. The molecule has 106 valence electrons. The monoisotopic (exact) mass is 341 g/mol. The molecular weight excluding hydrogens is 329 g/mol. The molecule has 1 heterocycles. The van der Waals surface area contributed by atoms with Gasteiger partial charge in [0.25, 0.3) is 0 Å². The second-order valence-electron chi connectivity index (χ2n) is 3.92. The van der Waals surface area contributed by atoms with Crippen molar-refractivity contribution in [3.05, 3.63) is 34.8 Å². The van der Waals surface area contributed by atoms with Crippen molar-refractivity contribution >= 4 is 21.6 Å². The highest BCUT2D eigenvalue weighted by Gasteiger charge is 2.13. The van der Waals surface area contributed by atoms with Crippen LogP contribution >= 0.6 is 15.9 Å². The summed E-state index contributed by atoms with van der Waals surface area (Å²) < 4.78 is 25.0. The lowest BCUT2D eigenvalue weighted by atomic mass is 10.3. The standard InChI is InChI=1S/C13H13BrFN3O2/c1-2-5-19-12-11(16)13(18-7-17-12)20-10-4-3-8(14)6-9(10)15/h3-4,6-7H,2,5,16H2,1H3. The number of nitrogen functional groups attached to an aromatic ring is 1. The Morgan fingerprint density at radius 3 is 2.75 bits per heavy atom. The lowest BCUT2D eigenvalue weighted by Gasteiger charge is -2.11. The van der Waals surface area contributed by atoms with Crippen molar-refractivity contribution in [2.75, 3.05) is 12.3 Å².